The molecule has 0 amide bonds. The van der Waals surface area contributed by atoms with Gasteiger partial charge in [-0.3, -0.25) is 4.90 Å². The molecule has 2 aromatic carbocycles. The summed E-state index contributed by atoms with van der Waals surface area (Å²) in [6.07, 6.45) is 9.68. The Labute approximate surface area is 242 Å². The standard InChI is InChI=1S/C25H22FN3O4.C7H12FN/c1-13-21-20(23(29-25(28-21)32-2)27-15-8-4-3-5-9-15)24(31)33-22(13)17-12-16(30)11-14-7-6-10-18(26)19(14)17;8-6-4-7-2-1-3-9(7)5-6/h3-4,6-7,10-12,15,30H,5,8-9H2,1-2H3,(H,27,28,29);6-7H,1-5H2. The van der Waals surface area contributed by atoms with E-state index in [2.05, 4.69) is 32.3 Å². The fourth-order valence-corrected chi connectivity index (χ4v) is 6.38. The number of aromatic nitrogens is 2. The Hall–Kier alpha value is -4.05. The summed E-state index contributed by atoms with van der Waals surface area (Å²) in [5.74, 6) is -0.0888. The van der Waals surface area contributed by atoms with Gasteiger partial charge in [-0.25, -0.2) is 13.6 Å². The number of nitrogens with one attached hydrogen (secondary N) is 1. The second kappa shape index (κ2) is 11.7. The molecule has 2 N–H and O–H groups in total. The molecule has 7 rings (SSSR count). The lowest BCUT2D eigenvalue weighted by Crippen LogP contribution is -2.22. The molecule has 2 saturated heterocycles. The molecule has 10 heteroatoms. The van der Waals surface area contributed by atoms with E-state index in [0.29, 0.717) is 34.9 Å². The summed E-state index contributed by atoms with van der Waals surface area (Å²) < 4.78 is 38.4. The lowest BCUT2D eigenvalue weighted by Gasteiger charge is -2.21. The van der Waals surface area contributed by atoms with Gasteiger partial charge in [0.1, 0.15) is 34.7 Å². The molecule has 2 aromatic heterocycles. The second-order valence-electron chi connectivity index (χ2n) is 11.2. The van der Waals surface area contributed by atoms with Gasteiger partial charge in [0.05, 0.1) is 12.6 Å². The molecule has 3 unspecified atom stereocenters. The first-order chi connectivity index (χ1) is 20.3. The van der Waals surface area contributed by atoms with Crippen molar-refractivity contribution >= 4 is 27.5 Å². The summed E-state index contributed by atoms with van der Waals surface area (Å²) in [6, 6.07) is 8.23. The van der Waals surface area contributed by atoms with Gasteiger partial charge in [0, 0.05) is 35.1 Å². The highest BCUT2D eigenvalue weighted by molar-refractivity contribution is 6.00. The van der Waals surface area contributed by atoms with Crippen molar-refractivity contribution in [3.05, 3.63) is 64.3 Å². The Balaban J connectivity index is 0.000000296. The van der Waals surface area contributed by atoms with E-state index in [-0.39, 0.29) is 39.9 Å². The van der Waals surface area contributed by atoms with Gasteiger partial charge in [-0.2, -0.15) is 9.97 Å². The van der Waals surface area contributed by atoms with E-state index < -0.39 is 17.6 Å². The van der Waals surface area contributed by atoms with E-state index in [0.717, 1.165) is 32.2 Å². The lowest BCUT2D eigenvalue weighted by atomic mass is 9.98. The van der Waals surface area contributed by atoms with Crippen LogP contribution in [-0.4, -0.2) is 58.4 Å². The number of benzene rings is 2. The molecule has 8 nitrogen and oxygen atoms in total. The van der Waals surface area contributed by atoms with Crippen molar-refractivity contribution < 1.29 is 23.0 Å². The van der Waals surface area contributed by atoms with Gasteiger partial charge >= 0.3 is 11.6 Å². The Bertz CT molecular complexity index is 1710. The van der Waals surface area contributed by atoms with Gasteiger partial charge in [0.2, 0.25) is 0 Å². The number of fused-ring (bicyclic) bond motifs is 3. The Morgan fingerprint density at radius 2 is 2.02 bits per heavy atom. The number of phenols is 1. The summed E-state index contributed by atoms with van der Waals surface area (Å²) in [7, 11) is 1.45. The number of nitrogens with zero attached hydrogens (tertiary/aromatic N) is 3. The number of aromatic hydroxyl groups is 1. The number of phenolic OH excluding ortho intramolecular Hbond substituents is 1. The zero-order valence-electron chi connectivity index (χ0n) is 23.7. The molecule has 0 spiro atoms. The molecule has 0 radical (unpaired) electrons. The largest absolute Gasteiger partial charge is 0.508 e. The van der Waals surface area contributed by atoms with Crippen molar-refractivity contribution in [3.63, 3.8) is 0 Å². The summed E-state index contributed by atoms with van der Waals surface area (Å²) in [5.41, 5.74) is 0.459. The average Bonchev–Trinajstić information content (AvgIpc) is 3.56. The van der Waals surface area contributed by atoms with E-state index in [1.54, 1.807) is 19.1 Å². The first kappa shape index (κ1) is 28.1. The van der Waals surface area contributed by atoms with E-state index in [9.17, 15) is 18.7 Å². The Morgan fingerprint density at radius 3 is 2.79 bits per heavy atom. The minimum atomic E-state index is -0.657. The van der Waals surface area contributed by atoms with Crippen molar-refractivity contribution in [1.82, 2.24) is 14.9 Å². The van der Waals surface area contributed by atoms with Crippen molar-refractivity contribution in [2.24, 2.45) is 0 Å². The number of halogens is 2. The van der Waals surface area contributed by atoms with E-state index in [1.807, 2.05) is 0 Å². The number of hydrogen-bond donors (Lipinski definition) is 2. The second-order valence-corrected chi connectivity index (χ2v) is 11.2. The minimum absolute atomic E-state index is 0.0711. The number of aryl methyl sites for hydroxylation is 1. The van der Waals surface area contributed by atoms with Crippen LogP contribution in [0.3, 0.4) is 0 Å². The maximum absolute atomic E-state index is 14.8. The molecule has 2 fully saturated rings. The number of ether oxygens (including phenoxy) is 1. The van der Waals surface area contributed by atoms with Crippen molar-refractivity contribution in [1.29, 1.82) is 0 Å². The fourth-order valence-electron chi connectivity index (χ4n) is 6.38. The molecule has 2 aliphatic heterocycles. The third-order valence-corrected chi connectivity index (χ3v) is 8.39. The first-order valence-corrected chi connectivity index (χ1v) is 14.4. The van der Waals surface area contributed by atoms with Gasteiger partial charge in [0.15, 0.2) is 0 Å². The highest BCUT2D eigenvalue weighted by Gasteiger charge is 2.34. The number of rotatable bonds is 4. The number of anilines is 1. The molecule has 220 valence electrons. The van der Waals surface area contributed by atoms with Crippen LogP contribution in [0.4, 0.5) is 14.6 Å². The van der Waals surface area contributed by atoms with Crippen LogP contribution in [0.25, 0.3) is 33.0 Å². The molecule has 42 heavy (non-hydrogen) atoms. The number of allylic oxidation sites excluding steroid dienone is 1. The molecule has 3 aliphatic rings. The molecular weight excluding hydrogens is 542 g/mol. The number of hydrogen-bond acceptors (Lipinski definition) is 8. The zero-order chi connectivity index (χ0) is 29.4. The normalized spacial score (nSPS) is 21.8. The topological polar surface area (TPSA) is 101 Å². The van der Waals surface area contributed by atoms with E-state index in [1.165, 1.54) is 38.2 Å². The average molecular weight is 577 g/mol. The predicted octanol–water partition coefficient (Wildman–Crippen LogP) is 6.28. The number of methoxy groups -OCH3 is 1. The molecular formula is C32H34F2N4O4. The van der Waals surface area contributed by atoms with Crippen LogP contribution in [0, 0.1) is 12.7 Å². The van der Waals surface area contributed by atoms with Gasteiger partial charge < -0.3 is 19.6 Å². The van der Waals surface area contributed by atoms with Crippen molar-refractivity contribution in [2.45, 2.75) is 63.7 Å². The highest BCUT2D eigenvalue weighted by atomic mass is 19.1. The van der Waals surface area contributed by atoms with Gasteiger partial charge in [0.25, 0.3) is 0 Å². The van der Waals surface area contributed by atoms with Crippen LogP contribution in [0.2, 0.25) is 0 Å². The summed E-state index contributed by atoms with van der Waals surface area (Å²) in [6.45, 7) is 3.59. The van der Waals surface area contributed by atoms with Crippen LogP contribution in [0.1, 0.15) is 44.1 Å². The summed E-state index contributed by atoms with van der Waals surface area (Å²) in [5, 5.41) is 14.5. The molecule has 4 aromatic rings. The van der Waals surface area contributed by atoms with Crippen LogP contribution in [0.5, 0.6) is 11.8 Å². The van der Waals surface area contributed by atoms with Gasteiger partial charge in [-0.1, -0.05) is 24.3 Å². The Kier molecular flexibility index (Phi) is 7.81. The van der Waals surface area contributed by atoms with Crippen LogP contribution in [0.15, 0.2) is 51.7 Å². The maximum Gasteiger partial charge on any atom is 0.349 e. The van der Waals surface area contributed by atoms with Gasteiger partial charge in [-0.05, 0) is 75.6 Å². The minimum Gasteiger partial charge on any atom is -0.508 e. The van der Waals surface area contributed by atoms with E-state index >= 15 is 0 Å². The van der Waals surface area contributed by atoms with Gasteiger partial charge in [-0.15, -0.1) is 0 Å². The molecule has 0 saturated carbocycles. The van der Waals surface area contributed by atoms with Crippen LogP contribution < -0.4 is 15.7 Å². The van der Waals surface area contributed by atoms with Crippen molar-refractivity contribution in [3.8, 4) is 23.1 Å². The molecule has 0 bridgehead atoms. The quantitative estimate of drug-likeness (QED) is 0.274. The Morgan fingerprint density at radius 1 is 1.17 bits per heavy atom. The molecule has 3 atom stereocenters. The zero-order valence-corrected chi connectivity index (χ0v) is 23.7. The highest BCUT2D eigenvalue weighted by Crippen LogP contribution is 2.38. The number of alkyl halides is 1. The lowest BCUT2D eigenvalue weighted by molar-refractivity contribution is 0.292. The van der Waals surface area contributed by atoms with Crippen LogP contribution in [-0.2, 0) is 0 Å². The van der Waals surface area contributed by atoms with Crippen molar-refractivity contribution in [2.75, 3.05) is 25.5 Å². The third kappa shape index (κ3) is 5.43. The predicted molar refractivity (Wildman–Crippen MR) is 158 cm³/mol. The van der Waals surface area contributed by atoms with Crippen LogP contribution >= 0.6 is 0 Å². The fraction of sp³-hybridized carbons (Fsp3) is 0.406. The molecule has 4 heterocycles. The van der Waals surface area contributed by atoms with E-state index in [4.69, 9.17) is 9.15 Å². The smallest absolute Gasteiger partial charge is 0.349 e. The molecule has 1 aliphatic carbocycles. The SMILES string of the molecule is COc1nc(NC2CC=CCC2)c2c(=O)oc(-c3cc(O)cc4cccc(F)c34)c(C)c2n1.FC1CC2CCCN2C1. The first-order valence-electron chi connectivity index (χ1n) is 14.4. The summed E-state index contributed by atoms with van der Waals surface area (Å²) in [4.78, 5) is 24.3. The summed E-state index contributed by atoms with van der Waals surface area (Å²) >= 11 is 0. The monoisotopic (exact) mass is 576 g/mol. The third-order valence-electron chi connectivity index (χ3n) is 8.39. The maximum atomic E-state index is 14.8.